The van der Waals surface area contributed by atoms with Gasteiger partial charge in [0, 0.05) is 0 Å². The first-order chi connectivity index (χ1) is 18.9. The molecule has 0 aromatic carbocycles. The summed E-state index contributed by atoms with van der Waals surface area (Å²) in [6, 6.07) is 0. The molecule has 41 heavy (non-hydrogen) atoms. The van der Waals surface area contributed by atoms with Crippen LogP contribution in [0.1, 0.15) is 19.3 Å². The monoisotopic (exact) mass is 598 g/mol. The number of aliphatic carboxylic acids is 3. The summed E-state index contributed by atoms with van der Waals surface area (Å²) in [4.78, 5) is 93.2. The molecule has 0 saturated heterocycles. The third-order valence-corrected chi connectivity index (χ3v) is 4.87. The van der Waals surface area contributed by atoms with Crippen molar-refractivity contribution in [3.8, 4) is 0 Å². The summed E-state index contributed by atoms with van der Waals surface area (Å²) in [5.74, 6) is -18.2. The summed E-state index contributed by atoms with van der Waals surface area (Å²) in [5, 5.41) is 83.7. The zero-order valence-electron chi connectivity index (χ0n) is 20.1. The molecule has 0 spiro atoms. The quantitative estimate of drug-likeness (QED) is 0.0481. The minimum Gasteiger partial charge on any atom is -0.499 e. The lowest BCUT2D eigenvalue weighted by molar-refractivity contribution is -0.191. The number of rotatable bonds is 15. The fourth-order valence-corrected chi connectivity index (χ4v) is 2.87. The Morgan fingerprint density at radius 2 is 1.46 bits per heavy atom. The number of aliphatic hydroxyl groups is 6. The van der Waals surface area contributed by atoms with Gasteiger partial charge in [-0.1, -0.05) is 0 Å². The van der Waals surface area contributed by atoms with Crippen molar-refractivity contribution >= 4 is 47.8 Å². The molecule has 228 valence electrons. The van der Waals surface area contributed by atoms with Crippen LogP contribution in [0.15, 0.2) is 11.5 Å². The fraction of sp³-hybridized carbons (Fsp3) is 0.500. The van der Waals surface area contributed by atoms with Gasteiger partial charge in [0.25, 0.3) is 0 Å². The van der Waals surface area contributed by atoms with Gasteiger partial charge in [0.2, 0.25) is 17.1 Å². The van der Waals surface area contributed by atoms with Gasteiger partial charge in [-0.15, -0.1) is 0 Å². The zero-order chi connectivity index (χ0) is 31.8. The summed E-state index contributed by atoms with van der Waals surface area (Å²) >= 11 is 0. The van der Waals surface area contributed by atoms with Gasteiger partial charge < -0.3 is 64.9 Å². The van der Waals surface area contributed by atoms with E-state index in [4.69, 9.17) is 20.4 Å². The Morgan fingerprint density at radius 3 is 1.95 bits per heavy atom. The number of carbonyl (C=O) groups excluding carboxylic acids is 5. The van der Waals surface area contributed by atoms with Crippen molar-refractivity contribution in [3.05, 3.63) is 11.5 Å². The Bertz CT molecular complexity index is 1140. The van der Waals surface area contributed by atoms with Crippen LogP contribution in [0, 0.1) is 0 Å². The molecule has 1 aliphatic rings. The van der Waals surface area contributed by atoms with Crippen LogP contribution in [0.25, 0.3) is 0 Å². The number of hydrogen-bond acceptors (Lipinski definition) is 18. The van der Waals surface area contributed by atoms with Gasteiger partial charge in [0.05, 0.1) is 25.9 Å². The summed E-state index contributed by atoms with van der Waals surface area (Å²) in [5.41, 5.74) is -3.39. The predicted octanol–water partition coefficient (Wildman–Crippen LogP) is -5.56. The number of carboxylic acids is 3. The van der Waals surface area contributed by atoms with Crippen LogP contribution in [-0.4, -0.2) is 136 Å². The lowest BCUT2D eigenvalue weighted by Gasteiger charge is -2.27. The lowest BCUT2D eigenvalue weighted by atomic mass is 9.95. The number of carboxylic acid groups (broad SMARTS) is 3. The van der Waals surface area contributed by atoms with Gasteiger partial charge in [0.1, 0.15) is 6.10 Å². The normalized spacial score (nSPS) is 19.0. The molecule has 1 aliphatic heterocycles. The van der Waals surface area contributed by atoms with Crippen molar-refractivity contribution in [1.29, 1.82) is 0 Å². The van der Waals surface area contributed by atoms with E-state index in [-0.39, 0.29) is 0 Å². The third kappa shape index (κ3) is 8.91. The molecule has 0 bridgehead atoms. The summed E-state index contributed by atoms with van der Waals surface area (Å²) in [7, 11) is 0. The molecule has 0 amide bonds. The minimum absolute atomic E-state index is 1.06. The average Bonchev–Trinajstić information content (AvgIpc) is 3.14. The molecule has 6 atom stereocenters. The van der Waals surface area contributed by atoms with Crippen molar-refractivity contribution in [2.75, 3.05) is 6.61 Å². The van der Waals surface area contributed by atoms with E-state index in [1.807, 2.05) is 0 Å². The average molecular weight is 598 g/mol. The lowest BCUT2D eigenvalue weighted by Crippen LogP contribution is -2.48. The molecule has 4 unspecified atom stereocenters. The van der Waals surface area contributed by atoms with E-state index in [0.717, 1.165) is 0 Å². The van der Waals surface area contributed by atoms with E-state index in [1.165, 1.54) is 0 Å². The van der Waals surface area contributed by atoms with Crippen molar-refractivity contribution < 1.29 is 103 Å². The minimum atomic E-state index is -3.39. The number of esters is 5. The number of ether oxygens (including phenoxy) is 4. The molecule has 21 heteroatoms. The van der Waals surface area contributed by atoms with Crippen molar-refractivity contribution in [2.24, 2.45) is 0 Å². The smallest absolute Gasteiger partial charge is 0.378 e. The Morgan fingerprint density at radius 1 is 0.878 bits per heavy atom. The summed E-state index contributed by atoms with van der Waals surface area (Å²) in [6.45, 7) is -1.06. The predicted molar refractivity (Wildman–Crippen MR) is 113 cm³/mol. The van der Waals surface area contributed by atoms with E-state index in [1.54, 1.807) is 0 Å². The molecule has 1 rings (SSSR count). The van der Waals surface area contributed by atoms with Crippen LogP contribution >= 0.6 is 0 Å². The second-order valence-corrected chi connectivity index (χ2v) is 7.97. The molecular weight excluding hydrogens is 576 g/mol. The van der Waals surface area contributed by atoms with E-state index < -0.39 is 121 Å². The first-order valence-corrected chi connectivity index (χ1v) is 10.7. The molecule has 0 aromatic rings. The Balaban J connectivity index is 3.05. The number of cyclic esters (lactones) is 1. The van der Waals surface area contributed by atoms with Gasteiger partial charge in [-0.2, -0.15) is 0 Å². The van der Waals surface area contributed by atoms with Crippen LogP contribution in [-0.2, 0) is 57.3 Å². The van der Waals surface area contributed by atoms with Crippen LogP contribution < -0.4 is 0 Å². The second kappa shape index (κ2) is 14.1. The highest BCUT2D eigenvalue weighted by Crippen LogP contribution is 2.27. The maximum Gasteiger partial charge on any atom is 0.378 e. The van der Waals surface area contributed by atoms with Crippen LogP contribution in [0.2, 0.25) is 0 Å². The van der Waals surface area contributed by atoms with Gasteiger partial charge >= 0.3 is 47.8 Å². The Labute approximate surface area is 225 Å². The highest BCUT2D eigenvalue weighted by Gasteiger charge is 2.49. The molecule has 1 heterocycles. The maximum absolute atomic E-state index is 12.3. The van der Waals surface area contributed by atoms with Gasteiger partial charge in [0.15, 0.2) is 24.4 Å². The molecule has 0 saturated carbocycles. The maximum atomic E-state index is 12.3. The molecule has 0 fully saturated rings. The third-order valence-electron chi connectivity index (χ3n) is 4.87. The van der Waals surface area contributed by atoms with Crippen LogP contribution in [0.4, 0.5) is 0 Å². The molecular formula is C20H22O21. The second-order valence-electron chi connectivity index (χ2n) is 7.97. The van der Waals surface area contributed by atoms with E-state index in [9.17, 15) is 63.9 Å². The Kier molecular flexibility index (Phi) is 11.8. The standard InChI is InChI=1S/C20H22O21/c21-4-6(23)13-14(12(30)18(35)39-13)40-16(33)5(22)1-8(26)41-20(19(36)37,2-7(24)25)3-9(27)38-17(34)11(29)10(28)15(31)32/h5-6,10-11,13,21-23,28-30H,1-4H2,(H,24,25)(H,31,32)(H,36,37)/t5?,6-,10?,11?,13+,20?/m0/s1. The van der Waals surface area contributed by atoms with Crippen molar-refractivity contribution in [3.63, 3.8) is 0 Å². The number of hydrogen-bond donors (Lipinski definition) is 9. The molecule has 0 radical (unpaired) electrons. The van der Waals surface area contributed by atoms with Crippen LogP contribution in [0.3, 0.4) is 0 Å². The van der Waals surface area contributed by atoms with Crippen molar-refractivity contribution in [2.45, 2.75) is 55.4 Å². The zero-order valence-corrected chi connectivity index (χ0v) is 20.1. The molecule has 9 N–H and O–H groups in total. The number of carbonyl (C=O) groups is 8. The molecule has 21 nitrogen and oxygen atoms in total. The summed E-state index contributed by atoms with van der Waals surface area (Å²) in [6.07, 6.45) is -17.1. The van der Waals surface area contributed by atoms with Gasteiger partial charge in [-0.25, -0.2) is 24.0 Å². The van der Waals surface area contributed by atoms with E-state index >= 15 is 0 Å². The highest BCUT2D eigenvalue weighted by molar-refractivity contribution is 5.96. The highest BCUT2D eigenvalue weighted by atomic mass is 16.6. The summed E-state index contributed by atoms with van der Waals surface area (Å²) < 4.78 is 17.4. The fourth-order valence-electron chi connectivity index (χ4n) is 2.87. The first-order valence-electron chi connectivity index (χ1n) is 10.7. The topological polar surface area (TPSA) is 356 Å². The van der Waals surface area contributed by atoms with E-state index in [0.29, 0.717) is 0 Å². The van der Waals surface area contributed by atoms with Gasteiger partial charge in [-0.3, -0.25) is 14.4 Å². The molecule has 0 aromatic heterocycles. The number of aliphatic hydroxyl groups excluding tert-OH is 6. The molecule has 0 aliphatic carbocycles. The van der Waals surface area contributed by atoms with Gasteiger partial charge in [-0.05, 0) is 0 Å². The SMILES string of the molecule is O=C(O)CC(CC(=O)OC(=O)C(O)C(O)C(=O)O)(OC(=O)CC(O)C(=O)OC1=C(O)C(=O)O[C@@H]1[C@@H](O)CO)C(=O)O. The van der Waals surface area contributed by atoms with Crippen molar-refractivity contribution in [1.82, 2.24) is 0 Å². The Hall–Kier alpha value is -4.70. The first kappa shape index (κ1) is 34.3. The van der Waals surface area contributed by atoms with Crippen LogP contribution in [0.5, 0.6) is 0 Å². The van der Waals surface area contributed by atoms with E-state index in [2.05, 4.69) is 18.9 Å². The largest absolute Gasteiger partial charge is 0.499 e.